The van der Waals surface area contributed by atoms with Crippen molar-refractivity contribution < 1.29 is 14.0 Å². The van der Waals surface area contributed by atoms with Crippen molar-refractivity contribution in [1.29, 1.82) is 0 Å². The van der Waals surface area contributed by atoms with Gasteiger partial charge in [-0.05, 0) is 25.1 Å². The van der Waals surface area contributed by atoms with Gasteiger partial charge in [0.15, 0.2) is 0 Å². The zero-order chi connectivity index (χ0) is 13.3. The zero-order valence-electron chi connectivity index (χ0n) is 9.74. The van der Waals surface area contributed by atoms with Gasteiger partial charge >= 0.3 is 0 Å². The lowest BCUT2D eigenvalue weighted by molar-refractivity contribution is -0.125. The van der Waals surface area contributed by atoms with E-state index in [-0.39, 0.29) is 29.8 Å². The highest BCUT2D eigenvalue weighted by molar-refractivity contribution is 6.33. The average Bonchev–Trinajstić information content (AvgIpc) is 2.41. The van der Waals surface area contributed by atoms with E-state index >= 15 is 0 Å². The third-order valence-corrected chi connectivity index (χ3v) is 3.08. The predicted octanol–water partition coefficient (Wildman–Crippen LogP) is 1.72. The third kappa shape index (κ3) is 2.46. The summed E-state index contributed by atoms with van der Waals surface area (Å²) in [6.45, 7) is 1.84. The van der Waals surface area contributed by atoms with Gasteiger partial charge in [0.05, 0.1) is 10.7 Å². The van der Waals surface area contributed by atoms with Gasteiger partial charge in [-0.25, -0.2) is 4.39 Å². The quantitative estimate of drug-likeness (QED) is 0.845. The summed E-state index contributed by atoms with van der Waals surface area (Å²) < 4.78 is 13.0. The van der Waals surface area contributed by atoms with Crippen LogP contribution < -0.4 is 10.2 Å². The molecule has 0 aromatic heterocycles. The number of amides is 2. The first-order chi connectivity index (χ1) is 8.49. The van der Waals surface area contributed by atoms with Crippen LogP contribution in [0.3, 0.4) is 0 Å². The Morgan fingerprint density at radius 3 is 2.83 bits per heavy atom. The van der Waals surface area contributed by atoms with Crippen LogP contribution in [0.25, 0.3) is 0 Å². The van der Waals surface area contributed by atoms with Gasteiger partial charge in [0.1, 0.15) is 11.9 Å². The summed E-state index contributed by atoms with van der Waals surface area (Å²) in [6.07, 6.45) is 0.198. The first-order valence-electron chi connectivity index (χ1n) is 5.55. The molecule has 0 bridgehead atoms. The van der Waals surface area contributed by atoms with E-state index in [1.807, 2.05) is 0 Å². The summed E-state index contributed by atoms with van der Waals surface area (Å²) in [7, 11) is 0. The smallest absolute Gasteiger partial charge is 0.249 e. The fourth-order valence-corrected chi connectivity index (χ4v) is 2.14. The summed E-state index contributed by atoms with van der Waals surface area (Å²) in [4.78, 5) is 24.9. The second kappa shape index (κ2) is 4.94. The van der Waals surface area contributed by atoms with E-state index < -0.39 is 11.9 Å². The molecule has 1 aliphatic rings. The van der Waals surface area contributed by atoms with Crippen molar-refractivity contribution in [2.75, 3.05) is 11.4 Å². The van der Waals surface area contributed by atoms with E-state index in [0.29, 0.717) is 5.69 Å². The molecule has 96 valence electrons. The molecule has 1 N–H and O–H groups in total. The van der Waals surface area contributed by atoms with Gasteiger partial charge in [0.2, 0.25) is 11.8 Å². The Morgan fingerprint density at radius 1 is 1.44 bits per heavy atom. The fraction of sp³-hybridized carbons (Fsp3) is 0.333. The number of hydrogen-bond acceptors (Lipinski definition) is 2. The molecular formula is C12H12ClFN2O2. The normalized spacial score (nSPS) is 20.6. The molecule has 1 heterocycles. The lowest BCUT2D eigenvalue weighted by atomic mass is 10.2. The number of benzene rings is 1. The van der Waals surface area contributed by atoms with E-state index in [9.17, 15) is 14.0 Å². The molecule has 2 amide bonds. The molecular weight excluding hydrogens is 259 g/mol. The molecule has 1 fully saturated rings. The Bertz CT molecular complexity index is 507. The lowest BCUT2D eigenvalue weighted by Gasteiger charge is -2.23. The first kappa shape index (κ1) is 12.8. The Labute approximate surface area is 109 Å². The minimum Gasteiger partial charge on any atom is -0.345 e. The second-order valence-electron chi connectivity index (χ2n) is 4.12. The summed E-state index contributed by atoms with van der Waals surface area (Å²) in [5, 5.41) is 2.73. The minimum absolute atomic E-state index is 0.157. The predicted molar refractivity (Wildman–Crippen MR) is 66.0 cm³/mol. The Kier molecular flexibility index (Phi) is 3.52. The van der Waals surface area contributed by atoms with Crippen molar-refractivity contribution >= 4 is 29.1 Å². The van der Waals surface area contributed by atoms with Gasteiger partial charge in [0.25, 0.3) is 0 Å². The van der Waals surface area contributed by atoms with E-state index in [4.69, 9.17) is 11.6 Å². The minimum atomic E-state index is -0.610. The molecule has 4 nitrogen and oxygen atoms in total. The number of nitrogens with one attached hydrogen (secondary N) is 1. The number of halogens is 2. The molecule has 2 rings (SSSR count). The largest absolute Gasteiger partial charge is 0.345 e. The Morgan fingerprint density at radius 2 is 2.17 bits per heavy atom. The van der Waals surface area contributed by atoms with Crippen molar-refractivity contribution in [2.24, 2.45) is 0 Å². The van der Waals surface area contributed by atoms with Crippen molar-refractivity contribution in [3.8, 4) is 0 Å². The average molecular weight is 271 g/mol. The van der Waals surface area contributed by atoms with Gasteiger partial charge in [-0.3, -0.25) is 9.59 Å². The highest BCUT2D eigenvalue weighted by Crippen LogP contribution is 2.27. The molecule has 0 aliphatic carbocycles. The standard InChI is InChI=1S/C12H12ClFN2O2/c1-7-12(18)16(5-4-11(17)15-7)10-3-2-8(14)6-9(10)13/h2-3,6-7H,4-5H2,1H3,(H,15,17). The molecule has 1 saturated heterocycles. The molecule has 18 heavy (non-hydrogen) atoms. The van der Waals surface area contributed by atoms with Crippen molar-refractivity contribution in [3.63, 3.8) is 0 Å². The molecule has 1 atom stereocenters. The van der Waals surface area contributed by atoms with Gasteiger partial charge in [-0.15, -0.1) is 0 Å². The van der Waals surface area contributed by atoms with Gasteiger partial charge in [0, 0.05) is 13.0 Å². The maximum absolute atomic E-state index is 13.0. The lowest BCUT2D eigenvalue weighted by Crippen LogP contribution is -2.42. The van der Waals surface area contributed by atoms with Crippen molar-refractivity contribution in [3.05, 3.63) is 29.0 Å². The van der Waals surface area contributed by atoms with Crippen LogP contribution in [0.1, 0.15) is 13.3 Å². The van der Waals surface area contributed by atoms with Crippen LogP contribution in [0.5, 0.6) is 0 Å². The summed E-state index contributed by atoms with van der Waals surface area (Å²) in [5.41, 5.74) is 0.423. The molecule has 1 aromatic carbocycles. The Balaban J connectivity index is 2.36. The number of nitrogens with zero attached hydrogens (tertiary/aromatic N) is 1. The topological polar surface area (TPSA) is 49.4 Å². The molecule has 0 spiro atoms. The van der Waals surface area contributed by atoms with Gasteiger partial charge in [-0.1, -0.05) is 11.6 Å². The van der Waals surface area contributed by atoms with Crippen LogP contribution in [0, 0.1) is 5.82 Å². The summed E-state index contributed by atoms with van der Waals surface area (Å²) in [5.74, 6) is -0.904. The molecule has 1 aromatic rings. The van der Waals surface area contributed by atoms with Crippen LogP contribution >= 0.6 is 11.6 Å². The van der Waals surface area contributed by atoms with E-state index in [0.717, 1.165) is 6.07 Å². The van der Waals surface area contributed by atoms with E-state index in [1.54, 1.807) is 6.92 Å². The van der Waals surface area contributed by atoms with Crippen LogP contribution in [-0.4, -0.2) is 24.4 Å². The highest BCUT2D eigenvalue weighted by Gasteiger charge is 2.28. The number of carbonyl (C=O) groups excluding carboxylic acids is 2. The van der Waals surface area contributed by atoms with E-state index in [1.165, 1.54) is 17.0 Å². The van der Waals surface area contributed by atoms with Gasteiger partial charge < -0.3 is 10.2 Å². The summed E-state index contributed by atoms with van der Waals surface area (Å²) >= 11 is 5.93. The number of rotatable bonds is 1. The third-order valence-electron chi connectivity index (χ3n) is 2.78. The van der Waals surface area contributed by atoms with Crippen LogP contribution in [-0.2, 0) is 9.59 Å². The molecule has 6 heteroatoms. The molecule has 1 unspecified atom stereocenters. The van der Waals surface area contributed by atoms with Crippen molar-refractivity contribution in [1.82, 2.24) is 5.32 Å². The maximum Gasteiger partial charge on any atom is 0.249 e. The van der Waals surface area contributed by atoms with Gasteiger partial charge in [-0.2, -0.15) is 0 Å². The van der Waals surface area contributed by atoms with Crippen LogP contribution in [0.15, 0.2) is 18.2 Å². The zero-order valence-corrected chi connectivity index (χ0v) is 10.5. The maximum atomic E-state index is 13.0. The van der Waals surface area contributed by atoms with Crippen LogP contribution in [0.2, 0.25) is 5.02 Å². The number of carbonyl (C=O) groups is 2. The Hall–Kier alpha value is -1.62. The van der Waals surface area contributed by atoms with E-state index in [2.05, 4.69) is 5.32 Å². The summed E-state index contributed by atoms with van der Waals surface area (Å²) in [6, 6.07) is 3.22. The van der Waals surface area contributed by atoms with Crippen molar-refractivity contribution in [2.45, 2.75) is 19.4 Å². The monoisotopic (exact) mass is 270 g/mol. The highest BCUT2D eigenvalue weighted by atomic mass is 35.5. The number of anilines is 1. The first-order valence-corrected chi connectivity index (χ1v) is 5.92. The second-order valence-corrected chi connectivity index (χ2v) is 4.53. The molecule has 1 aliphatic heterocycles. The number of hydrogen-bond donors (Lipinski definition) is 1. The van der Waals surface area contributed by atoms with Crippen LogP contribution in [0.4, 0.5) is 10.1 Å². The molecule has 0 radical (unpaired) electrons. The SMILES string of the molecule is CC1NC(=O)CCN(c2ccc(F)cc2Cl)C1=O. The molecule has 0 saturated carbocycles. The fourth-order valence-electron chi connectivity index (χ4n) is 1.87.